The van der Waals surface area contributed by atoms with Gasteiger partial charge in [-0.15, -0.1) is 26.3 Å². The molecule has 0 N–H and O–H groups in total. The summed E-state index contributed by atoms with van der Waals surface area (Å²) in [7, 11) is 0. The number of hydrogen-bond donors (Lipinski definition) is 0. The monoisotopic (exact) mass is 594 g/mol. The number of hydrogen-bond acceptors (Lipinski definition) is 6. The minimum absolute atomic E-state index is 0.512. The Hall–Kier alpha value is -5.74. The van der Waals surface area contributed by atoms with Gasteiger partial charge < -0.3 is 9.47 Å². The van der Waals surface area contributed by atoms with E-state index in [1.165, 1.54) is 18.2 Å². The lowest BCUT2D eigenvalue weighted by molar-refractivity contribution is -0.275. The fraction of sp³-hybridized carbons (Fsp3) is 0.0769. The molecule has 0 saturated heterocycles. The zero-order chi connectivity index (χ0) is 31.3. The Balaban J connectivity index is 2.22. The van der Waals surface area contributed by atoms with Crippen LogP contribution in [0.1, 0.15) is 33.4 Å². The molecule has 1 aliphatic carbocycles. The van der Waals surface area contributed by atoms with Gasteiger partial charge in [-0.25, -0.2) is 17.6 Å². The SMILES string of the molecule is N#CC(=C1c2cc(C#N)c(OC(F)(F)F)cc2-c2cc(OC(F)(F)F)c(C#N)cc21)c1c(F)c(F)c(C#N)c(F)c1F. The molecule has 0 atom stereocenters. The fourth-order valence-corrected chi connectivity index (χ4v) is 4.21. The zero-order valence-electron chi connectivity index (χ0n) is 19.7. The summed E-state index contributed by atoms with van der Waals surface area (Å²) >= 11 is 0. The number of nitrogens with zero attached hydrogens (tertiary/aromatic N) is 4. The number of rotatable bonds is 3. The number of halogens is 10. The highest BCUT2D eigenvalue weighted by Gasteiger charge is 2.38. The normalized spacial score (nSPS) is 11.9. The predicted octanol–water partition coefficient (Wildman–Crippen LogP) is 7.12. The topological polar surface area (TPSA) is 114 Å². The number of benzene rings is 3. The van der Waals surface area contributed by atoms with Gasteiger partial charge in [-0.3, -0.25) is 0 Å². The van der Waals surface area contributed by atoms with Gasteiger partial charge in [0.2, 0.25) is 0 Å². The molecule has 210 valence electrons. The maximum atomic E-state index is 15.0. The van der Waals surface area contributed by atoms with E-state index in [0.29, 0.717) is 24.3 Å². The molecule has 3 aromatic carbocycles. The van der Waals surface area contributed by atoms with Crippen molar-refractivity contribution in [2.24, 2.45) is 0 Å². The molecule has 0 heterocycles. The maximum Gasteiger partial charge on any atom is 0.573 e. The van der Waals surface area contributed by atoms with Gasteiger partial charge in [0.25, 0.3) is 0 Å². The average Bonchev–Trinajstić information content (AvgIpc) is 3.19. The molecule has 6 nitrogen and oxygen atoms in total. The Bertz CT molecular complexity index is 1790. The molecule has 0 fully saturated rings. The van der Waals surface area contributed by atoms with Crippen molar-refractivity contribution in [2.75, 3.05) is 0 Å². The number of ether oxygens (including phenoxy) is 2. The number of allylic oxidation sites excluding steroid dienone is 1. The van der Waals surface area contributed by atoms with Crippen LogP contribution in [-0.4, -0.2) is 12.7 Å². The first kappa shape index (κ1) is 29.2. The van der Waals surface area contributed by atoms with Gasteiger partial charge in [0, 0.05) is 5.57 Å². The number of alkyl halides is 6. The summed E-state index contributed by atoms with van der Waals surface area (Å²) in [5.41, 5.74) is -9.24. The first-order valence-corrected chi connectivity index (χ1v) is 10.7. The van der Waals surface area contributed by atoms with Crippen molar-refractivity contribution in [1.29, 1.82) is 21.0 Å². The van der Waals surface area contributed by atoms with E-state index < -0.39 is 103 Å². The highest BCUT2D eigenvalue weighted by atomic mass is 19.4. The third kappa shape index (κ3) is 4.87. The first-order valence-electron chi connectivity index (χ1n) is 10.7. The van der Waals surface area contributed by atoms with Crippen LogP contribution >= 0.6 is 0 Å². The van der Waals surface area contributed by atoms with E-state index in [4.69, 9.17) is 5.26 Å². The Morgan fingerprint density at radius 3 is 1.29 bits per heavy atom. The minimum atomic E-state index is -5.38. The Labute approximate surface area is 226 Å². The average molecular weight is 594 g/mol. The quantitative estimate of drug-likeness (QED) is 0.142. The van der Waals surface area contributed by atoms with E-state index in [2.05, 4.69) is 9.47 Å². The first-order chi connectivity index (χ1) is 19.6. The second kappa shape index (κ2) is 10.0. The van der Waals surface area contributed by atoms with E-state index in [9.17, 15) is 50.9 Å². The van der Waals surface area contributed by atoms with Crippen LogP contribution in [0.15, 0.2) is 24.3 Å². The largest absolute Gasteiger partial charge is 0.573 e. The van der Waals surface area contributed by atoms with Gasteiger partial charge in [0.1, 0.15) is 41.3 Å². The molecule has 0 aliphatic heterocycles. The zero-order valence-corrected chi connectivity index (χ0v) is 19.7. The van der Waals surface area contributed by atoms with Crippen LogP contribution in [0.25, 0.3) is 22.3 Å². The molecule has 0 radical (unpaired) electrons. The molecule has 0 unspecified atom stereocenters. The fourth-order valence-electron chi connectivity index (χ4n) is 4.21. The van der Waals surface area contributed by atoms with Crippen molar-refractivity contribution in [3.63, 3.8) is 0 Å². The van der Waals surface area contributed by atoms with Crippen molar-refractivity contribution in [2.45, 2.75) is 12.7 Å². The third-order valence-electron chi connectivity index (χ3n) is 5.75. The van der Waals surface area contributed by atoms with Crippen molar-refractivity contribution in [3.8, 4) is 46.9 Å². The second-order valence-corrected chi connectivity index (χ2v) is 8.09. The molecule has 42 heavy (non-hydrogen) atoms. The molecule has 1 aliphatic rings. The van der Waals surface area contributed by atoms with Gasteiger partial charge in [0.15, 0.2) is 23.3 Å². The highest BCUT2D eigenvalue weighted by molar-refractivity contribution is 6.14. The maximum absolute atomic E-state index is 15.0. The van der Waals surface area contributed by atoms with Crippen LogP contribution in [0, 0.1) is 68.6 Å². The van der Waals surface area contributed by atoms with Crippen LogP contribution in [0.5, 0.6) is 11.5 Å². The molecule has 0 bridgehead atoms. The molecule has 0 aromatic heterocycles. The Morgan fingerprint density at radius 1 is 0.571 bits per heavy atom. The summed E-state index contributed by atoms with van der Waals surface area (Å²) in [4.78, 5) is 0. The van der Waals surface area contributed by atoms with E-state index in [1.807, 2.05) is 0 Å². The summed E-state index contributed by atoms with van der Waals surface area (Å²) in [5.74, 6) is -11.2. The van der Waals surface area contributed by atoms with Crippen molar-refractivity contribution in [3.05, 3.63) is 80.9 Å². The summed E-state index contributed by atoms with van der Waals surface area (Å²) < 4.78 is 145. The number of nitriles is 4. The van der Waals surface area contributed by atoms with Crippen LogP contribution in [0.3, 0.4) is 0 Å². The number of fused-ring (bicyclic) bond motifs is 3. The lowest BCUT2D eigenvalue weighted by Gasteiger charge is -2.14. The molecule has 3 aromatic rings. The lowest BCUT2D eigenvalue weighted by atomic mass is 9.91. The Kier molecular flexibility index (Phi) is 6.98. The van der Waals surface area contributed by atoms with Gasteiger partial charge in [-0.05, 0) is 46.5 Å². The van der Waals surface area contributed by atoms with Crippen LogP contribution in [-0.2, 0) is 0 Å². The predicted molar refractivity (Wildman–Crippen MR) is 117 cm³/mol. The van der Waals surface area contributed by atoms with Crippen molar-refractivity contribution >= 4 is 11.1 Å². The minimum Gasteiger partial charge on any atom is -0.404 e. The highest BCUT2D eigenvalue weighted by Crippen LogP contribution is 2.52. The Morgan fingerprint density at radius 2 is 0.976 bits per heavy atom. The summed E-state index contributed by atoms with van der Waals surface area (Å²) in [6.07, 6.45) is -10.8. The van der Waals surface area contributed by atoms with E-state index in [1.54, 1.807) is 0 Å². The lowest BCUT2D eigenvalue weighted by Crippen LogP contribution is -2.18. The summed E-state index contributed by atoms with van der Waals surface area (Å²) in [6.45, 7) is 0. The van der Waals surface area contributed by atoms with Gasteiger partial charge >= 0.3 is 12.7 Å². The summed E-state index contributed by atoms with van der Waals surface area (Å²) in [6, 6.07) is 7.15. The van der Waals surface area contributed by atoms with E-state index in [-0.39, 0.29) is 0 Å². The molecular formula is C26H4F10N4O2. The molecule has 4 rings (SSSR count). The molecule has 16 heteroatoms. The van der Waals surface area contributed by atoms with Crippen LogP contribution in [0.2, 0.25) is 0 Å². The van der Waals surface area contributed by atoms with E-state index >= 15 is 8.78 Å². The van der Waals surface area contributed by atoms with Crippen molar-refractivity contribution in [1.82, 2.24) is 0 Å². The second-order valence-electron chi connectivity index (χ2n) is 8.09. The molecule has 0 saturated carbocycles. The smallest absolute Gasteiger partial charge is 0.404 e. The third-order valence-corrected chi connectivity index (χ3v) is 5.75. The summed E-state index contributed by atoms with van der Waals surface area (Å²) in [5, 5.41) is 37.6. The van der Waals surface area contributed by atoms with E-state index in [0.717, 1.165) is 6.07 Å². The standard InChI is InChI=1S/C26H4F10N4O2/c27-21-16(8-40)22(28)24(30)20(23(21)29)15(7-39)19-13-1-9(5-37)17(41-25(31,32)33)3-11(13)12-4-18(42-26(34,35)36)10(6-38)2-14(12)19/h1-4H. The van der Waals surface area contributed by atoms with Crippen molar-refractivity contribution < 1.29 is 53.4 Å². The van der Waals surface area contributed by atoms with Gasteiger partial charge in [-0.1, -0.05) is 0 Å². The van der Waals surface area contributed by atoms with Gasteiger partial charge in [-0.2, -0.15) is 21.0 Å². The molecule has 0 amide bonds. The molecule has 0 spiro atoms. The van der Waals surface area contributed by atoms with Gasteiger partial charge in [0.05, 0.1) is 22.3 Å². The molecular weight excluding hydrogens is 590 g/mol. The van der Waals surface area contributed by atoms with Crippen LogP contribution < -0.4 is 9.47 Å². The van der Waals surface area contributed by atoms with Crippen LogP contribution in [0.4, 0.5) is 43.9 Å².